The highest BCUT2D eigenvalue weighted by atomic mass is 32.1. The third-order valence-corrected chi connectivity index (χ3v) is 3.53. The Bertz CT molecular complexity index is 289. The zero-order chi connectivity index (χ0) is 9.47. The second-order valence-electron chi connectivity index (χ2n) is 4.53. The van der Waals surface area contributed by atoms with Crippen LogP contribution in [0, 0.1) is 5.41 Å². The fourth-order valence-electron chi connectivity index (χ4n) is 1.89. The zero-order valence-corrected chi connectivity index (χ0v) is 9.29. The molecule has 0 saturated heterocycles. The molecule has 0 amide bonds. The Morgan fingerprint density at radius 2 is 2.23 bits per heavy atom. The Morgan fingerprint density at radius 1 is 1.46 bits per heavy atom. The maximum Gasteiger partial charge on any atom is 0.107 e. The maximum atomic E-state index is 4.63. The second kappa shape index (κ2) is 3.07. The number of hydrogen-bond acceptors (Lipinski definition) is 3. The van der Waals surface area contributed by atoms with E-state index in [0.29, 0.717) is 5.41 Å². The first-order chi connectivity index (χ1) is 6.11. The lowest BCUT2D eigenvalue weighted by molar-refractivity contribution is 0.391. The van der Waals surface area contributed by atoms with Crippen molar-refractivity contribution in [3.8, 4) is 0 Å². The SMILES string of the molecule is CNCc1nc2c(s1)CC(C)(C)C2. The first-order valence-electron chi connectivity index (χ1n) is 4.73. The van der Waals surface area contributed by atoms with Gasteiger partial charge in [0, 0.05) is 11.4 Å². The standard InChI is InChI=1S/C10H16N2S/c1-10(2)4-7-8(5-10)13-9(12-7)6-11-3/h11H,4-6H2,1-3H3. The Hall–Kier alpha value is -0.410. The number of hydrogen-bond donors (Lipinski definition) is 1. The summed E-state index contributed by atoms with van der Waals surface area (Å²) in [5.74, 6) is 0. The molecule has 13 heavy (non-hydrogen) atoms. The van der Waals surface area contributed by atoms with E-state index < -0.39 is 0 Å². The van der Waals surface area contributed by atoms with Crippen molar-refractivity contribution in [2.75, 3.05) is 7.05 Å². The van der Waals surface area contributed by atoms with Crippen molar-refractivity contribution < 1.29 is 0 Å². The Kier molecular flexibility index (Phi) is 2.16. The smallest absolute Gasteiger partial charge is 0.107 e. The molecule has 0 aliphatic heterocycles. The van der Waals surface area contributed by atoms with E-state index in [2.05, 4.69) is 24.1 Å². The summed E-state index contributed by atoms with van der Waals surface area (Å²) in [6.07, 6.45) is 2.37. The van der Waals surface area contributed by atoms with Gasteiger partial charge in [-0.25, -0.2) is 4.98 Å². The summed E-state index contributed by atoms with van der Waals surface area (Å²) < 4.78 is 0. The predicted octanol–water partition coefficient (Wildman–Crippen LogP) is 1.99. The fraction of sp³-hybridized carbons (Fsp3) is 0.700. The van der Waals surface area contributed by atoms with Crippen LogP contribution >= 0.6 is 11.3 Å². The minimum Gasteiger partial charge on any atom is -0.314 e. The predicted molar refractivity (Wildman–Crippen MR) is 56.1 cm³/mol. The first-order valence-corrected chi connectivity index (χ1v) is 5.54. The molecule has 0 unspecified atom stereocenters. The van der Waals surface area contributed by atoms with Gasteiger partial charge in [0.2, 0.25) is 0 Å². The number of rotatable bonds is 2. The highest BCUT2D eigenvalue weighted by Gasteiger charge is 2.31. The van der Waals surface area contributed by atoms with Crippen LogP contribution in [0.3, 0.4) is 0 Å². The summed E-state index contributed by atoms with van der Waals surface area (Å²) >= 11 is 1.88. The molecule has 0 aromatic carbocycles. The average Bonchev–Trinajstić information content (AvgIpc) is 2.41. The Balaban J connectivity index is 2.19. The third-order valence-electron chi connectivity index (χ3n) is 2.44. The summed E-state index contributed by atoms with van der Waals surface area (Å²) in [5, 5.41) is 4.38. The Morgan fingerprint density at radius 3 is 2.85 bits per heavy atom. The van der Waals surface area contributed by atoms with Gasteiger partial charge in [0.05, 0.1) is 5.69 Å². The molecule has 1 aromatic rings. The van der Waals surface area contributed by atoms with Gasteiger partial charge in [-0.05, 0) is 25.3 Å². The van der Waals surface area contributed by atoms with Gasteiger partial charge in [0.15, 0.2) is 0 Å². The molecule has 0 fully saturated rings. The topological polar surface area (TPSA) is 24.9 Å². The summed E-state index contributed by atoms with van der Waals surface area (Å²) in [6.45, 7) is 5.55. The molecule has 3 heteroatoms. The normalized spacial score (nSPS) is 19.0. The second-order valence-corrected chi connectivity index (χ2v) is 5.69. The number of aromatic nitrogens is 1. The van der Waals surface area contributed by atoms with Crippen LogP contribution in [0.2, 0.25) is 0 Å². The van der Waals surface area contributed by atoms with Crippen molar-refractivity contribution in [3.63, 3.8) is 0 Å². The monoisotopic (exact) mass is 196 g/mol. The molecule has 1 aliphatic rings. The number of thiazole rings is 1. The molecule has 2 rings (SSSR count). The van der Waals surface area contributed by atoms with Gasteiger partial charge >= 0.3 is 0 Å². The molecule has 2 nitrogen and oxygen atoms in total. The first kappa shape index (κ1) is 9.16. The molecule has 0 bridgehead atoms. The van der Waals surface area contributed by atoms with Crippen LogP contribution in [0.4, 0.5) is 0 Å². The molecular formula is C10H16N2S. The van der Waals surface area contributed by atoms with Crippen LogP contribution in [-0.4, -0.2) is 12.0 Å². The molecule has 1 aromatic heterocycles. The fourth-order valence-corrected chi connectivity index (χ4v) is 3.25. The number of nitrogens with zero attached hydrogens (tertiary/aromatic N) is 1. The summed E-state index contributed by atoms with van der Waals surface area (Å²) in [4.78, 5) is 6.14. The van der Waals surface area contributed by atoms with Crippen LogP contribution in [0.25, 0.3) is 0 Å². The molecular weight excluding hydrogens is 180 g/mol. The molecule has 1 aliphatic carbocycles. The molecule has 0 spiro atoms. The van der Waals surface area contributed by atoms with Gasteiger partial charge in [-0.3, -0.25) is 0 Å². The average molecular weight is 196 g/mol. The van der Waals surface area contributed by atoms with Crippen molar-refractivity contribution in [2.24, 2.45) is 5.41 Å². The number of fused-ring (bicyclic) bond motifs is 1. The van der Waals surface area contributed by atoms with E-state index in [-0.39, 0.29) is 0 Å². The van der Waals surface area contributed by atoms with Gasteiger partial charge in [-0.1, -0.05) is 13.8 Å². The van der Waals surface area contributed by atoms with Gasteiger partial charge in [0.25, 0.3) is 0 Å². The van der Waals surface area contributed by atoms with E-state index in [4.69, 9.17) is 0 Å². The summed E-state index contributed by atoms with van der Waals surface area (Å²) in [5.41, 5.74) is 1.80. The highest BCUT2D eigenvalue weighted by molar-refractivity contribution is 7.11. The lowest BCUT2D eigenvalue weighted by atomic mass is 9.91. The van der Waals surface area contributed by atoms with Crippen LogP contribution in [0.1, 0.15) is 29.4 Å². The lowest BCUT2D eigenvalue weighted by Gasteiger charge is -2.14. The van der Waals surface area contributed by atoms with Crippen molar-refractivity contribution in [1.29, 1.82) is 0 Å². The van der Waals surface area contributed by atoms with Gasteiger partial charge < -0.3 is 5.32 Å². The largest absolute Gasteiger partial charge is 0.314 e. The van der Waals surface area contributed by atoms with E-state index in [1.807, 2.05) is 18.4 Å². The lowest BCUT2D eigenvalue weighted by Crippen LogP contribution is -2.11. The minimum absolute atomic E-state index is 0.451. The van der Waals surface area contributed by atoms with Gasteiger partial charge in [-0.2, -0.15) is 0 Å². The molecule has 0 saturated carbocycles. The van der Waals surface area contributed by atoms with Crippen molar-refractivity contribution in [3.05, 3.63) is 15.6 Å². The summed E-state index contributed by atoms with van der Waals surface area (Å²) in [7, 11) is 1.97. The van der Waals surface area contributed by atoms with Gasteiger partial charge in [-0.15, -0.1) is 11.3 Å². The van der Waals surface area contributed by atoms with Gasteiger partial charge in [0.1, 0.15) is 5.01 Å². The van der Waals surface area contributed by atoms with Crippen LogP contribution < -0.4 is 5.32 Å². The number of nitrogens with one attached hydrogen (secondary N) is 1. The van der Waals surface area contributed by atoms with E-state index >= 15 is 0 Å². The molecule has 1 heterocycles. The van der Waals surface area contributed by atoms with Crippen LogP contribution in [-0.2, 0) is 19.4 Å². The Labute approximate surface area is 83.4 Å². The zero-order valence-electron chi connectivity index (χ0n) is 8.48. The van der Waals surface area contributed by atoms with Crippen molar-refractivity contribution >= 4 is 11.3 Å². The van der Waals surface area contributed by atoms with E-state index in [1.54, 1.807) is 0 Å². The minimum atomic E-state index is 0.451. The van der Waals surface area contributed by atoms with E-state index in [9.17, 15) is 0 Å². The molecule has 0 radical (unpaired) electrons. The highest BCUT2D eigenvalue weighted by Crippen LogP contribution is 2.38. The van der Waals surface area contributed by atoms with Crippen LogP contribution in [0.5, 0.6) is 0 Å². The van der Waals surface area contributed by atoms with Crippen LogP contribution in [0.15, 0.2) is 0 Å². The van der Waals surface area contributed by atoms with Crippen molar-refractivity contribution in [1.82, 2.24) is 10.3 Å². The third kappa shape index (κ3) is 1.76. The van der Waals surface area contributed by atoms with E-state index in [0.717, 1.165) is 13.0 Å². The molecule has 72 valence electrons. The molecule has 0 atom stereocenters. The van der Waals surface area contributed by atoms with E-state index in [1.165, 1.54) is 22.0 Å². The quantitative estimate of drug-likeness (QED) is 0.782. The summed E-state index contributed by atoms with van der Waals surface area (Å²) in [6, 6.07) is 0. The van der Waals surface area contributed by atoms with Crippen molar-refractivity contribution in [2.45, 2.75) is 33.2 Å². The maximum absolute atomic E-state index is 4.63. The molecule has 1 N–H and O–H groups in total.